The van der Waals surface area contributed by atoms with Gasteiger partial charge in [-0.3, -0.25) is 0 Å². The molecule has 1 aliphatic rings. The summed E-state index contributed by atoms with van der Waals surface area (Å²) in [4.78, 5) is 11.8. The Balaban J connectivity index is 1.99. The van der Waals surface area contributed by atoms with Gasteiger partial charge in [0.2, 0.25) is 0 Å². The van der Waals surface area contributed by atoms with Gasteiger partial charge >= 0.3 is 13.1 Å². The number of benzene rings is 2. The first-order valence-corrected chi connectivity index (χ1v) is 9.21. The molecule has 1 saturated heterocycles. The zero-order valence-corrected chi connectivity index (χ0v) is 17.2. The lowest BCUT2D eigenvalue weighted by Gasteiger charge is -2.32. The number of carbonyl (C=O) groups is 1. The largest absolute Gasteiger partial charge is 0.495 e. The van der Waals surface area contributed by atoms with Crippen molar-refractivity contribution in [1.29, 1.82) is 0 Å². The number of methoxy groups -OCH3 is 1. The van der Waals surface area contributed by atoms with E-state index in [-0.39, 0.29) is 17.2 Å². The van der Waals surface area contributed by atoms with Gasteiger partial charge in [-0.2, -0.15) is 0 Å². The van der Waals surface area contributed by atoms with Gasteiger partial charge < -0.3 is 14.0 Å². The zero-order valence-electron chi connectivity index (χ0n) is 17.2. The van der Waals surface area contributed by atoms with Crippen LogP contribution in [0.1, 0.15) is 49.2 Å². The van der Waals surface area contributed by atoms with Gasteiger partial charge in [-0.05, 0) is 75.8 Å². The van der Waals surface area contributed by atoms with Crippen molar-refractivity contribution >= 4 is 18.6 Å². The van der Waals surface area contributed by atoms with E-state index >= 15 is 0 Å². The molecule has 0 amide bonds. The van der Waals surface area contributed by atoms with E-state index in [1.165, 1.54) is 7.11 Å². The number of aryl methyl sites for hydroxylation is 2. The van der Waals surface area contributed by atoms with E-state index in [4.69, 9.17) is 14.0 Å². The summed E-state index contributed by atoms with van der Waals surface area (Å²) < 4.78 is 17.3. The topological polar surface area (TPSA) is 44.8 Å². The molecule has 5 heteroatoms. The Morgan fingerprint density at radius 2 is 1.56 bits per heavy atom. The third-order valence-electron chi connectivity index (χ3n) is 5.74. The summed E-state index contributed by atoms with van der Waals surface area (Å²) in [6.07, 6.45) is 0. The lowest BCUT2D eigenvalue weighted by atomic mass is 9.75. The number of ether oxygens (including phenoxy) is 1. The van der Waals surface area contributed by atoms with Crippen molar-refractivity contribution in [2.45, 2.75) is 52.7 Å². The summed E-state index contributed by atoms with van der Waals surface area (Å²) in [7, 11) is 0.993. The van der Waals surface area contributed by atoms with Crippen molar-refractivity contribution in [3.05, 3.63) is 53.1 Å². The molecule has 0 spiro atoms. The van der Waals surface area contributed by atoms with Crippen LogP contribution in [0.5, 0.6) is 0 Å². The highest BCUT2D eigenvalue weighted by atomic mass is 16.7. The second-order valence-electron chi connectivity index (χ2n) is 8.18. The van der Waals surface area contributed by atoms with Gasteiger partial charge in [-0.1, -0.05) is 29.8 Å². The first-order chi connectivity index (χ1) is 12.6. The van der Waals surface area contributed by atoms with Crippen molar-refractivity contribution in [1.82, 2.24) is 0 Å². The van der Waals surface area contributed by atoms with Gasteiger partial charge in [-0.25, -0.2) is 4.79 Å². The highest BCUT2D eigenvalue weighted by Crippen LogP contribution is 2.37. The molecule has 2 aromatic rings. The van der Waals surface area contributed by atoms with Gasteiger partial charge in [0, 0.05) is 0 Å². The lowest BCUT2D eigenvalue weighted by molar-refractivity contribution is 0.00578. The fourth-order valence-corrected chi connectivity index (χ4v) is 3.26. The van der Waals surface area contributed by atoms with E-state index in [0.29, 0.717) is 5.56 Å². The summed E-state index contributed by atoms with van der Waals surface area (Å²) in [6, 6.07) is 11.9. The van der Waals surface area contributed by atoms with Gasteiger partial charge in [0.05, 0.1) is 23.9 Å². The molecule has 0 bridgehead atoms. The molecule has 0 N–H and O–H groups in total. The van der Waals surface area contributed by atoms with Crippen LogP contribution in [0.2, 0.25) is 0 Å². The van der Waals surface area contributed by atoms with Crippen molar-refractivity contribution in [2.75, 3.05) is 7.11 Å². The molecule has 0 atom stereocenters. The number of hydrogen-bond donors (Lipinski definition) is 0. The van der Waals surface area contributed by atoms with Crippen LogP contribution < -0.4 is 5.46 Å². The summed E-state index contributed by atoms with van der Waals surface area (Å²) in [5.41, 5.74) is 5.11. The SMILES string of the molecule is COC(=O)c1ccc(-c2ccc(C)c(B3OC(C)(C)C(C)(C)O3)c2)c(C)c1. The normalized spacial score (nSPS) is 17.8. The van der Waals surface area contributed by atoms with Crippen LogP contribution in [0.4, 0.5) is 0 Å². The molecule has 1 fully saturated rings. The van der Waals surface area contributed by atoms with Gasteiger partial charge in [0.25, 0.3) is 0 Å². The molecule has 27 heavy (non-hydrogen) atoms. The Labute approximate surface area is 162 Å². The molecule has 0 radical (unpaired) electrons. The minimum absolute atomic E-state index is 0.327. The molecule has 4 nitrogen and oxygen atoms in total. The molecule has 0 aliphatic carbocycles. The van der Waals surface area contributed by atoms with Crippen LogP contribution in [-0.4, -0.2) is 31.4 Å². The molecule has 3 rings (SSSR count). The van der Waals surface area contributed by atoms with Gasteiger partial charge in [0.15, 0.2) is 0 Å². The summed E-state index contributed by atoms with van der Waals surface area (Å²) in [5, 5.41) is 0. The minimum atomic E-state index is -0.399. The van der Waals surface area contributed by atoms with E-state index in [1.54, 1.807) is 6.07 Å². The average molecular weight is 366 g/mol. The summed E-state index contributed by atoms with van der Waals surface area (Å²) >= 11 is 0. The Kier molecular flexibility index (Phi) is 4.95. The van der Waals surface area contributed by atoms with Crippen LogP contribution in [0, 0.1) is 13.8 Å². The van der Waals surface area contributed by atoms with Crippen LogP contribution >= 0.6 is 0 Å². The van der Waals surface area contributed by atoms with Crippen molar-refractivity contribution in [3.8, 4) is 11.1 Å². The monoisotopic (exact) mass is 366 g/mol. The maximum Gasteiger partial charge on any atom is 0.495 e. The summed E-state index contributed by atoms with van der Waals surface area (Å²) in [5.74, 6) is -0.327. The van der Waals surface area contributed by atoms with Crippen LogP contribution in [0.25, 0.3) is 11.1 Å². The standard InChI is InChI=1S/C22H27BO4/c1-14-8-9-16(18-11-10-17(12-15(18)2)20(24)25-7)13-19(14)23-26-21(3,4)22(5,6)27-23/h8-13H,1-7H3. The number of hydrogen-bond acceptors (Lipinski definition) is 4. The highest BCUT2D eigenvalue weighted by molar-refractivity contribution is 6.62. The molecule has 2 aromatic carbocycles. The van der Waals surface area contributed by atoms with Crippen molar-refractivity contribution < 1.29 is 18.8 Å². The van der Waals surface area contributed by atoms with E-state index in [1.807, 2.05) is 19.1 Å². The molecule has 0 saturated carbocycles. The molecule has 0 aromatic heterocycles. The summed E-state index contributed by atoms with van der Waals surface area (Å²) in [6.45, 7) is 12.3. The zero-order chi connectivity index (χ0) is 20.0. The number of rotatable bonds is 3. The quantitative estimate of drug-likeness (QED) is 0.607. The third-order valence-corrected chi connectivity index (χ3v) is 5.74. The Hall–Kier alpha value is -2.11. The maximum absolute atomic E-state index is 11.8. The minimum Gasteiger partial charge on any atom is -0.465 e. The fraction of sp³-hybridized carbons (Fsp3) is 0.409. The molecule has 0 unspecified atom stereocenters. The Morgan fingerprint density at radius 3 is 2.11 bits per heavy atom. The molecule has 1 aliphatic heterocycles. The van der Waals surface area contributed by atoms with E-state index < -0.39 is 7.12 Å². The molecular formula is C22H27BO4. The predicted molar refractivity (Wildman–Crippen MR) is 108 cm³/mol. The van der Waals surface area contributed by atoms with E-state index in [2.05, 4.69) is 52.8 Å². The van der Waals surface area contributed by atoms with E-state index in [9.17, 15) is 4.79 Å². The van der Waals surface area contributed by atoms with E-state index in [0.717, 1.165) is 27.7 Å². The Bertz CT molecular complexity index is 870. The first-order valence-electron chi connectivity index (χ1n) is 9.21. The van der Waals surface area contributed by atoms with Crippen LogP contribution in [0.3, 0.4) is 0 Å². The number of carbonyl (C=O) groups excluding carboxylic acids is 1. The fourth-order valence-electron chi connectivity index (χ4n) is 3.26. The highest BCUT2D eigenvalue weighted by Gasteiger charge is 2.52. The van der Waals surface area contributed by atoms with Crippen molar-refractivity contribution in [3.63, 3.8) is 0 Å². The first kappa shape index (κ1) is 19.7. The lowest BCUT2D eigenvalue weighted by Crippen LogP contribution is -2.41. The molecular weight excluding hydrogens is 339 g/mol. The Morgan fingerprint density at radius 1 is 0.926 bits per heavy atom. The van der Waals surface area contributed by atoms with Crippen LogP contribution in [0.15, 0.2) is 36.4 Å². The van der Waals surface area contributed by atoms with Gasteiger partial charge in [0.1, 0.15) is 0 Å². The second-order valence-corrected chi connectivity index (χ2v) is 8.18. The molecule has 142 valence electrons. The predicted octanol–water partition coefficient (Wildman–Crippen LogP) is 4.06. The number of esters is 1. The maximum atomic E-state index is 11.8. The average Bonchev–Trinajstić information content (AvgIpc) is 2.82. The van der Waals surface area contributed by atoms with Gasteiger partial charge in [-0.15, -0.1) is 0 Å². The third kappa shape index (κ3) is 3.54. The molecule has 1 heterocycles. The van der Waals surface area contributed by atoms with Crippen molar-refractivity contribution in [2.24, 2.45) is 0 Å². The second kappa shape index (κ2) is 6.81. The van der Waals surface area contributed by atoms with Crippen LogP contribution in [-0.2, 0) is 14.0 Å². The smallest absolute Gasteiger partial charge is 0.465 e.